The highest BCUT2D eigenvalue weighted by molar-refractivity contribution is 5.99. The van der Waals surface area contributed by atoms with E-state index in [1.54, 1.807) is 0 Å². The lowest BCUT2D eigenvalue weighted by Crippen LogP contribution is -2.46. The van der Waals surface area contributed by atoms with Crippen LogP contribution in [0.2, 0.25) is 0 Å². The van der Waals surface area contributed by atoms with Gasteiger partial charge in [0, 0.05) is 36.1 Å². The summed E-state index contributed by atoms with van der Waals surface area (Å²) in [6, 6.07) is 6.91. The number of nitrogens with one attached hydrogen (secondary N) is 1. The molecule has 0 bridgehead atoms. The smallest absolute Gasteiger partial charge is 0.290 e. The molecule has 2 atom stereocenters. The Morgan fingerprint density at radius 1 is 1.40 bits per heavy atom. The van der Waals surface area contributed by atoms with E-state index >= 15 is 0 Å². The average molecular weight is 270 g/mol. The molecule has 4 nitrogen and oxygen atoms in total. The molecule has 0 radical (unpaired) electrons. The Balaban J connectivity index is 1.76. The molecule has 0 spiro atoms. The van der Waals surface area contributed by atoms with Gasteiger partial charge in [-0.3, -0.25) is 4.79 Å². The summed E-state index contributed by atoms with van der Waals surface area (Å²) in [6.07, 6.45) is 1.07. The van der Waals surface area contributed by atoms with E-state index in [0.717, 1.165) is 41.6 Å². The van der Waals surface area contributed by atoms with Crippen LogP contribution >= 0.6 is 0 Å². The quantitative estimate of drug-likeness (QED) is 0.864. The van der Waals surface area contributed by atoms with Crippen molar-refractivity contribution in [1.29, 1.82) is 0 Å². The van der Waals surface area contributed by atoms with Crippen LogP contribution in [0.5, 0.6) is 0 Å². The molecule has 2 heterocycles. The van der Waals surface area contributed by atoms with E-state index in [9.17, 15) is 4.79 Å². The Labute approximate surface area is 117 Å². The number of carbonyl (C=O) groups excluding carboxylic acids is 1. The minimum atomic E-state index is 0.0482. The molecule has 1 aliphatic carbocycles. The third-order valence-corrected chi connectivity index (χ3v) is 4.53. The van der Waals surface area contributed by atoms with Crippen molar-refractivity contribution in [2.45, 2.75) is 32.4 Å². The van der Waals surface area contributed by atoms with Crippen LogP contribution in [-0.2, 0) is 0 Å². The zero-order chi connectivity index (χ0) is 13.9. The van der Waals surface area contributed by atoms with Gasteiger partial charge in [-0.05, 0) is 25.8 Å². The van der Waals surface area contributed by atoms with Crippen LogP contribution in [0, 0.1) is 13.8 Å². The highest BCUT2D eigenvalue weighted by atomic mass is 16.3. The second-order valence-electron chi connectivity index (χ2n) is 5.87. The second kappa shape index (κ2) is 4.09. The summed E-state index contributed by atoms with van der Waals surface area (Å²) >= 11 is 0. The molecule has 20 heavy (non-hydrogen) atoms. The van der Waals surface area contributed by atoms with E-state index < -0.39 is 0 Å². The second-order valence-corrected chi connectivity index (χ2v) is 5.87. The van der Waals surface area contributed by atoms with Crippen molar-refractivity contribution in [3.8, 4) is 0 Å². The number of nitrogens with zero attached hydrogens (tertiary/aromatic N) is 1. The number of hydrogen-bond donors (Lipinski definition) is 1. The number of benzene rings is 1. The zero-order valence-electron chi connectivity index (χ0n) is 11.8. The molecule has 104 valence electrons. The van der Waals surface area contributed by atoms with Crippen molar-refractivity contribution in [2.24, 2.45) is 0 Å². The third-order valence-electron chi connectivity index (χ3n) is 4.53. The molecule has 1 N–H and O–H groups in total. The van der Waals surface area contributed by atoms with Crippen LogP contribution in [0.25, 0.3) is 11.0 Å². The third kappa shape index (κ3) is 1.61. The van der Waals surface area contributed by atoms with Crippen molar-refractivity contribution in [3.05, 3.63) is 35.1 Å². The molecule has 1 saturated carbocycles. The number of fused-ring (bicyclic) bond motifs is 2. The van der Waals surface area contributed by atoms with E-state index in [4.69, 9.17) is 4.42 Å². The van der Waals surface area contributed by atoms with E-state index in [1.807, 2.05) is 36.9 Å². The largest absolute Gasteiger partial charge is 0.450 e. The number of para-hydroxylation sites is 1. The fraction of sp³-hybridized carbons (Fsp3) is 0.438. The maximum Gasteiger partial charge on any atom is 0.290 e. The maximum absolute atomic E-state index is 12.7. The first-order chi connectivity index (χ1) is 9.66. The standard InChI is InChI=1S/C16H18N2O2/c1-9-4-3-5-11-10(2)15(20-14(9)11)16(19)18-7-6-17-12-8-13(12)18/h3-5,12-13,17H,6-8H2,1-2H3. The molecule has 2 aromatic rings. The monoisotopic (exact) mass is 270 g/mol. The first-order valence-corrected chi connectivity index (χ1v) is 7.20. The molecular formula is C16H18N2O2. The first kappa shape index (κ1) is 12.0. The Hall–Kier alpha value is -1.81. The first-order valence-electron chi connectivity index (χ1n) is 7.20. The molecule has 1 amide bonds. The maximum atomic E-state index is 12.7. The number of furan rings is 1. The lowest BCUT2D eigenvalue weighted by atomic mass is 10.1. The summed E-state index contributed by atoms with van der Waals surface area (Å²) in [5, 5.41) is 4.47. The topological polar surface area (TPSA) is 45.5 Å². The lowest BCUT2D eigenvalue weighted by Gasteiger charge is -2.26. The van der Waals surface area contributed by atoms with Gasteiger partial charge >= 0.3 is 0 Å². The van der Waals surface area contributed by atoms with Gasteiger partial charge in [-0.15, -0.1) is 0 Å². The Bertz CT molecular complexity index is 704. The van der Waals surface area contributed by atoms with Crippen molar-refractivity contribution in [3.63, 3.8) is 0 Å². The molecular weight excluding hydrogens is 252 g/mol. The van der Waals surface area contributed by atoms with Crippen molar-refractivity contribution < 1.29 is 9.21 Å². The molecule has 1 aromatic heterocycles. The van der Waals surface area contributed by atoms with Gasteiger partial charge < -0.3 is 14.6 Å². The molecule has 2 aliphatic rings. The highest BCUT2D eigenvalue weighted by Crippen LogP contribution is 2.34. The molecule has 4 heteroatoms. The van der Waals surface area contributed by atoms with Crippen LogP contribution in [-0.4, -0.2) is 36.0 Å². The van der Waals surface area contributed by atoms with Gasteiger partial charge in [-0.1, -0.05) is 18.2 Å². The van der Waals surface area contributed by atoms with Crippen molar-refractivity contribution in [1.82, 2.24) is 10.2 Å². The van der Waals surface area contributed by atoms with Gasteiger partial charge in [0.2, 0.25) is 0 Å². The van der Waals surface area contributed by atoms with Crippen LogP contribution in [0.15, 0.2) is 22.6 Å². The predicted molar refractivity (Wildman–Crippen MR) is 76.9 cm³/mol. The van der Waals surface area contributed by atoms with Gasteiger partial charge in [0.05, 0.1) is 0 Å². The summed E-state index contributed by atoms with van der Waals surface area (Å²) < 4.78 is 5.90. The zero-order valence-corrected chi connectivity index (χ0v) is 11.8. The summed E-state index contributed by atoms with van der Waals surface area (Å²) in [5.74, 6) is 0.564. The van der Waals surface area contributed by atoms with Gasteiger partial charge in [-0.25, -0.2) is 0 Å². The Kier molecular flexibility index (Phi) is 2.45. The van der Waals surface area contributed by atoms with Gasteiger partial charge in [0.15, 0.2) is 5.76 Å². The average Bonchev–Trinajstić information content (AvgIpc) is 3.17. The molecule has 2 fully saturated rings. The van der Waals surface area contributed by atoms with E-state index in [1.165, 1.54) is 0 Å². The molecule has 1 saturated heterocycles. The van der Waals surface area contributed by atoms with Crippen LogP contribution in [0.4, 0.5) is 0 Å². The minimum absolute atomic E-state index is 0.0482. The number of aryl methyl sites for hydroxylation is 2. The molecule has 2 unspecified atom stereocenters. The Morgan fingerprint density at radius 3 is 3.05 bits per heavy atom. The normalized spacial score (nSPS) is 24.8. The molecule has 1 aliphatic heterocycles. The number of amides is 1. The SMILES string of the molecule is Cc1c(C(=O)N2CCNC3CC32)oc2c(C)cccc12. The summed E-state index contributed by atoms with van der Waals surface area (Å²) in [7, 11) is 0. The van der Waals surface area contributed by atoms with E-state index in [2.05, 4.69) is 5.32 Å². The van der Waals surface area contributed by atoms with Crippen LogP contribution < -0.4 is 5.32 Å². The van der Waals surface area contributed by atoms with Gasteiger partial charge in [-0.2, -0.15) is 0 Å². The number of rotatable bonds is 1. The number of piperazine rings is 1. The number of carbonyl (C=O) groups is 1. The summed E-state index contributed by atoms with van der Waals surface area (Å²) in [5.41, 5.74) is 2.88. The van der Waals surface area contributed by atoms with Crippen LogP contribution in [0.1, 0.15) is 28.1 Å². The number of hydrogen-bond acceptors (Lipinski definition) is 3. The van der Waals surface area contributed by atoms with Gasteiger partial charge in [0.1, 0.15) is 5.58 Å². The fourth-order valence-corrected chi connectivity index (χ4v) is 3.25. The van der Waals surface area contributed by atoms with Crippen molar-refractivity contribution in [2.75, 3.05) is 13.1 Å². The highest BCUT2D eigenvalue weighted by Gasteiger charge is 2.47. The van der Waals surface area contributed by atoms with E-state index in [-0.39, 0.29) is 5.91 Å². The summed E-state index contributed by atoms with van der Waals surface area (Å²) in [4.78, 5) is 14.7. The summed E-state index contributed by atoms with van der Waals surface area (Å²) in [6.45, 7) is 5.65. The molecule has 4 rings (SSSR count). The predicted octanol–water partition coefficient (Wildman–Crippen LogP) is 2.24. The van der Waals surface area contributed by atoms with Gasteiger partial charge in [0.25, 0.3) is 5.91 Å². The fourth-order valence-electron chi connectivity index (χ4n) is 3.25. The van der Waals surface area contributed by atoms with Crippen LogP contribution in [0.3, 0.4) is 0 Å². The molecule has 1 aromatic carbocycles. The minimum Gasteiger partial charge on any atom is -0.450 e. The van der Waals surface area contributed by atoms with E-state index in [0.29, 0.717) is 17.8 Å². The lowest BCUT2D eigenvalue weighted by molar-refractivity contribution is 0.0688. The van der Waals surface area contributed by atoms with Crippen molar-refractivity contribution >= 4 is 16.9 Å². The Morgan fingerprint density at radius 2 is 2.25 bits per heavy atom.